The van der Waals surface area contributed by atoms with Crippen LogP contribution in [0, 0.1) is 0 Å². The molecule has 0 amide bonds. The lowest BCUT2D eigenvalue weighted by Gasteiger charge is -2.28. The second kappa shape index (κ2) is 5.71. The predicted octanol–water partition coefficient (Wildman–Crippen LogP) is 0.918. The zero-order valence-corrected chi connectivity index (χ0v) is 10.3. The van der Waals surface area contributed by atoms with Gasteiger partial charge in [0.05, 0.1) is 0 Å². The number of nitrogens with zero attached hydrogens (tertiary/aromatic N) is 2. The molecular weight excluding hydrogens is 224 g/mol. The molecular formula is C14H18N4. The van der Waals surface area contributed by atoms with Crippen LogP contribution in [-0.4, -0.2) is 22.1 Å². The van der Waals surface area contributed by atoms with Crippen molar-refractivity contribution < 1.29 is 0 Å². The number of hydrogen-bond donors (Lipinski definition) is 2. The van der Waals surface area contributed by atoms with E-state index >= 15 is 0 Å². The molecule has 0 fully saturated rings. The lowest BCUT2D eigenvalue weighted by Crippen LogP contribution is -2.50. The molecule has 2 heterocycles. The molecule has 0 radical (unpaired) electrons. The molecule has 0 atom stereocenters. The van der Waals surface area contributed by atoms with Crippen LogP contribution in [0.15, 0.2) is 49.1 Å². The molecule has 0 aliphatic heterocycles. The Morgan fingerprint density at radius 2 is 1.44 bits per heavy atom. The van der Waals surface area contributed by atoms with Crippen molar-refractivity contribution in [3.05, 3.63) is 60.2 Å². The van der Waals surface area contributed by atoms with E-state index in [9.17, 15) is 0 Å². The molecule has 0 bridgehead atoms. The van der Waals surface area contributed by atoms with E-state index in [0.29, 0.717) is 19.4 Å². The summed E-state index contributed by atoms with van der Waals surface area (Å²) >= 11 is 0. The number of pyridine rings is 2. The topological polar surface area (TPSA) is 77.8 Å². The third-order valence-electron chi connectivity index (χ3n) is 2.96. The largest absolute Gasteiger partial charge is 0.329 e. The van der Waals surface area contributed by atoms with Crippen LogP contribution in [0.3, 0.4) is 0 Å². The minimum atomic E-state index is -0.452. The molecule has 0 spiro atoms. The van der Waals surface area contributed by atoms with Crippen molar-refractivity contribution in [1.82, 2.24) is 9.97 Å². The van der Waals surface area contributed by atoms with Crippen LogP contribution < -0.4 is 11.5 Å². The Kier molecular flexibility index (Phi) is 4.02. The molecule has 2 rings (SSSR count). The maximum Gasteiger partial charge on any atom is 0.0361 e. The predicted molar refractivity (Wildman–Crippen MR) is 71.9 cm³/mol. The highest BCUT2D eigenvalue weighted by atomic mass is 14.8. The van der Waals surface area contributed by atoms with Gasteiger partial charge in [-0.05, 0) is 36.1 Å². The summed E-state index contributed by atoms with van der Waals surface area (Å²) in [7, 11) is 0. The van der Waals surface area contributed by atoms with Crippen molar-refractivity contribution in [1.29, 1.82) is 0 Å². The van der Waals surface area contributed by atoms with Crippen molar-refractivity contribution in [2.24, 2.45) is 11.5 Å². The van der Waals surface area contributed by atoms with Gasteiger partial charge < -0.3 is 11.5 Å². The maximum absolute atomic E-state index is 6.38. The van der Waals surface area contributed by atoms with Crippen molar-refractivity contribution in [3.63, 3.8) is 0 Å². The standard InChI is InChI=1S/C14H18N4/c15-11-14(16,7-12-3-1-5-17-9-12)8-13-4-2-6-18-10-13/h1-6,9-10H,7-8,11,15-16H2. The fourth-order valence-corrected chi connectivity index (χ4v) is 2.03. The SMILES string of the molecule is NCC(N)(Cc1cccnc1)Cc1cccnc1. The van der Waals surface area contributed by atoms with Crippen LogP contribution in [0.25, 0.3) is 0 Å². The summed E-state index contributed by atoms with van der Waals surface area (Å²) in [6, 6.07) is 7.87. The average Bonchev–Trinajstić information content (AvgIpc) is 2.41. The van der Waals surface area contributed by atoms with Gasteiger partial charge in [0.15, 0.2) is 0 Å². The molecule has 2 aromatic rings. The first kappa shape index (κ1) is 12.7. The molecule has 0 saturated carbocycles. The van der Waals surface area contributed by atoms with Crippen molar-refractivity contribution >= 4 is 0 Å². The van der Waals surface area contributed by atoms with Crippen LogP contribution in [0.2, 0.25) is 0 Å². The Balaban J connectivity index is 2.11. The first-order valence-corrected chi connectivity index (χ1v) is 5.99. The van der Waals surface area contributed by atoms with E-state index < -0.39 is 5.54 Å². The minimum absolute atomic E-state index is 0.427. The highest BCUT2D eigenvalue weighted by Crippen LogP contribution is 2.15. The monoisotopic (exact) mass is 242 g/mol. The van der Waals surface area contributed by atoms with Gasteiger partial charge in [0.25, 0.3) is 0 Å². The number of nitrogens with two attached hydrogens (primary N) is 2. The maximum atomic E-state index is 6.38. The summed E-state index contributed by atoms with van der Waals surface area (Å²) in [5.41, 5.74) is 14.0. The molecule has 4 heteroatoms. The first-order valence-electron chi connectivity index (χ1n) is 5.99. The summed E-state index contributed by atoms with van der Waals surface area (Å²) in [6.07, 6.45) is 8.61. The molecule has 0 aliphatic carbocycles. The minimum Gasteiger partial charge on any atom is -0.329 e. The zero-order chi connectivity index (χ0) is 12.8. The smallest absolute Gasteiger partial charge is 0.0361 e. The summed E-state index contributed by atoms with van der Waals surface area (Å²) in [6.45, 7) is 0.427. The Morgan fingerprint density at radius 1 is 0.944 bits per heavy atom. The van der Waals surface area contributed by atoms with Gasteiger partial charge in [-0.3, -0.25) is 9.97 Å². The molecule has 4 nitrogen and oxygen atoms in total. The fourth-order valence-electron chi connectivity index (χ4n) is 2.03. The summed E-state index contributed by atoms with van der Waals surface area (Å²) < 4.78 is 0. The van der Waals surface area contributed by atoms with Gasteiger partial charge in [-0.2, -0.15) is 0 Å². The number of rotatable bonds is 5. The number of aromatic nitrogens is 2. The fraction of sp³-hybridized carbons (Fsp3) is 0.286. The van der Waals surface area contributed by atoms with Gasteiger partial charge in [-0.15, -0.1) is 0 Å². The van der Waals surface area contributed by atoms with E-state index in [1.165, 1.54) is 0 Å². The van der Waals surface area contributed by atoms with Gasteiger partial charge in [0.1, 0.15) is 0 Å². The quantitative estimate of drug-likeness (QED) is 0.817. The van der Waals surface area contributed by atoms with E-state index in [4.69, 9.17) is 11.5 Å². The second-order valence-corrected chi connectivity index (χ2v) is 4.64. The molecule has 94 valence electrons. The highest BCUT2D eigenvalue weighted by Gasteiger charge is 2.24. The van der Waals surface area contributed by atoms with E-state index in [1.54, 1.807) is 12.4 Å². The Bertz CT molecular complexity index is 428. The molecule has 0 aliphatic rings. The van der Waals surface area contributed by atoms with Crippen LogP contribution in [0.4, 0.5) is 0 Å². The normalized spacial score (nSPS) is 11.4. The Hall–Kier alpha value is -1.78. The molecule has 0 aromatic carbocycles. The van der Waals surface area contributed by atoms with Gasteiger partial charge >= 0.3 is 0 Å². The Labute approximate surface area is 107 Å². The molecule has 18 heavy (non-hydrogen) atoms. The van der Waals surface area contributed by atoms with Crippen LogP contribution in [0.1, 0.15) is 11.1 Å². The molecule has 2 aromatic heterocycles. The van der Waals surface area contributed by atoms with E-state index in [2.05, 4.69) is 9.97 Å². The summed E-state index contributed by atoms with van der Waals surface area (Å²) in [4.78, 5) is 8.20. The third kappa shape index (κ3) is 3.35. The zero-order valence-electron chi connectivity index (χ0n) is 10.3. The second-order valence-electron chi connectivity index (χ2n) is 4.64. The van der Waals surface area contributed by atoms with Crippen molar-refractivity contribution in [2.45, 2.75) is 18.4 Å². The van der Waals surface area contributed by atoms with Gasteiger partial charge in [-0.1, -0.05) is 12.1 Å². The van der Waals surface area contributed by atoms with Crippen molar-refractivity contribution in [3.8, 4) is 0 Å². The van der Waals surface area contributed by atoms with Crippen molar-refractivity contribution in [2.75, 3.05) is 6.54 Å². The number of hydrogen-bond acceptors (Lipinski definition) is 4. The Morgan fingerprint density at radius 3 is 1.78 bits per heavy atom. The van der Waals surface area contributed by atoms with Gasteiger partial charge in [0, 0.05) is 36.9 Å². The molecule has 4 N–H and O–H groups in total. The summed E-state index contributed by atoms with van der Waals surface area (Å²) in [5.74, 6) is 0. The van der Waals surface area contributed by atoms with E-state index in [1.807, 2.05) is 36.7 Å². The summed E-state index contributed by atoms with van der Waals surface area (Å²) in [5, 5.41) is 0. The first-order chi connectivity index (χ1) is 8.72. The van der Waals surface area contributed by atoms with Crippen LogP contribution >= 0.6 is 0 Å². The van der Waals surface area contributed by atoms with Gasteiger partial charge in [0.2, 0.25) is 0 Å². The van der Waals surface area contributed by atoms with E-state index in [-0.39, 0.29) is 0 Å². The van der Waals surface area contributed by atoms with Crippen LogP contribution in [-0.2, 0) is 12.8 Å². The third-order valence-corrected chi connectivity index (χ3v) is 2.96. The van der Waals surface area contributed by atoms with Gasteiger partial charge in [-0.25, -0.2) is 0 Å². The van der Waals surface area contributed by atoms with Crippen LogP contribution in [0.5, 0.6) is 0 Å². The molecule has 0 unspecified atom stereocenters. The van der Waals surface area contributed by atoms with E-state index in [0.717, 1.165) is 11.1 Å². The highest BCUT2D eigenvalue weighted by molar-refractivity contribution is 5.18. The lowest BCUT2D eigenvalue weighted by atomic mass is 9.86. The average molecular weight is 242 g/mol. The lowest BCUT2D eigenvalue weighted by molar-refractivity contribution is 0.428. The molecule has 0 saturated heterocycles.